The van der Waals surface area contributed by atoms with E-state index < -0.39 is 0 Å². The highest BCUT2D eigenvalue weighted by atomic mass is 32.2. The maximum atomic E-state index is 12.7. The van der Waals surface area contributed by atoms with Gasteiger partial charge in [-0.15, -0.1) is 10.2 Å². The van der Waals surface area contributed by atoms with Gasteiger partial charge in [0.15, 0.2) is 5.82 Å². The van der Waals surface area contributed by atoms with Gasteiger partial charge in [-0.3, -0.25) is 4.79 Å². The van der Waals surface area contributed by atoms with Gasteiger partial charge < -0.3 is 10.7 Å². The van der Waals surface area contributed by atoms with E-state index in [2.05, 4.69) is 56.9 Å². The number of rotatable bonds is 4. The summed E-state index contributed by atoms with van der Waals surface area (Å²) in [6.07, 6.45) is 3.33. The molecule has 3 rings (SSSR count). The fourth-order valence-corrected chi connectivity index (χ4v) is 4.53. The third-order valence-corrected chi connectivity index (χ3v) is 6.41. The van der Waals surface area contributed by atoms with Crippen LogP contribution >= 0.6 is 11.8 Å². The Hall–Kier alpha value is -2.02. The molecule has 1 aromatic heterocycles. The maximum Gasteiger partial charge on any atom is 0.233 e. The van der Waals surface area contributed by atoms with Crippen LogP contribution in [0.25, 0.3) is 11.4 Å². The lowest BCUT2D eigenvalue weighted by Gasteiger charge is -2.39. The van der Waals surface area contributed by atoms with Crippen molar-refractivity contribution in [3.63, 3.8) is 0 Å². The lowest BCUT2D eigenvalue weighted by atomic mass is 9.87. The molecule has 0 aliphatic carbocycles. The molecule has 0 unspecified atom stereocenters. The molecule has 1 amide bonds. The van der Waals surface area contributed by atoms with E-state index in [9.17, 15) is 4.79 Å². The first-order valence-electron chi connectivity index (χ1n) is 9.94. The number of nitrogens with zero attached hydrogens (tertiary/aromatic N) is 4. The average molecular weight is 402 g/mol. The number of benzene rings is 1. The maximum absolute atomic E-state index is 12.7. The van der Waals surface area contributed by atoms with Crippen LogP contribution in [0.3, 0.4) is 0 Å². The highest BCUT2D eigenvalue weighted by molar-refractivity contribution is 7.99. The Balaban J connectivity index is 1.69. The normalized spacial score (nSPS) is 20.4. The highest BCUT2D eigenvalue weighted by Crippen LogP contribution is 2.28. The van der Waals surface area contributed by atoms with Crippen molar-refractivity contribution in [1.29, 1.82) is 0 Å². The summed E-state index contributed by atoms with van der Waals surface area (Å²) in [4.78, 5) is 14.7. The molecule has 1 fully saturated rings. The minimum absolute atomic E-state index is 0.0962. The minimum Gasteiger partial charge on any atom is -0.337 e. The Kier molecular flexibility index (Phi) is 6.03. The largest absolute Gasteiger partial charge is 0.337 e. The second-order valence-electron chi connectivity index (χ2n) is 8.72. The summed E-state index contributed by atoms with van der Waals surface area (Å²) in [7, 11) is 0. The zero-order valence-corrected chi connectivity index (χ0v) is 18.3. The molecular weight excluding hydrogens is 370 g/mol. The third-order valence-electron chi connectivity index (χ3n) is 5.48. The third kappa shape index (κ3) is 4.35. The van der Waals surface area contributed by atoms with Crippen molar-refractivity contribution < 1.29 is 4.79 Å². The lowest BCUT2D eigenvalue weighted by molar-refractivity contribution is -0.134. The number of piperidine rings is 1. The number of aromatic nitrogens is 3. The van der Waals surface area contributed by atoms with Gasteiger partial charge in [0.2, 0.25) is 11.1 Å². The number of thioether (sulfide) groups is 1. The van der Waals surface area contributed by atoms with Crippen molar-refractivity contribution in [3.05, 3.63) is 29.8 Å². The van der Waals surface area contributed by atoms with Crippen LogP contribution in [0.15, 0.2) is 29.4 Å². The van der Waals surface area contributed by atoms with Gasteiger partial charge in [-0.25, -0.2) is 4.68 Å². The minimum atomic E-state index is 0.0962. The summed E-state index contributed by atoms with van der Waals surface area (Å²) in [6.45, 7) is 10.8. The van der Waals surface area contributed by atoms with E-state index in [0.29, 0.717) is 28.8 Å². The van der Waals surface area contributed by atoms with Crippen LogP contribution in [-0.4, -0.2) is 43.5 Å². The Morgan fingerprint density at radius 3 is 2.32 bits per heavy atom. The summed E-state index contributed by atoms with van der Waals surface area (Å²) in [5, 5.41) is 9.00. The van der Waals surface area contributed by atoms with Gasteiger partial charge in [0.25, 0.3) is 0 Å². The summed E-state index contributed by atoms with van der Waals surface area (Å²) >= 11 is 1.35. The van der Waals surface area contributed by atoms with Crippen LogP contribution in [0.4, 0.5) is 0 Å². The van der Waals surface area contributed by atoms with E-state index in [1.54, 1.807) is 0 Å². The van der Waals surface area contributed by atoms with E-state index in [4.69, 9.17) is 5.84 Å². The molecule has 0 bridgehead atoms. The molecular formula is C21H31N5OS. The van der Waals surface area contributed by atoms with E-state index in [-0.39, 0.29) is 11.3 Å². The number of carbonyl (C=O) groups is 1. The number of nitrogen functional groups attached to an aromatic ring is 1. The fourth-order valence-electron chi connectivity index (χ4n) is 3.81. The van der Waals surface area contributed by atoms with Crippen molar-refractivity contribution >= 4 is 17.7 Å². The number of likely N-dealkylation sites (tertiary alicyclic amines) is 1. The molecule has 0 spiro atoms. The molecule has 1 aliphatic heterocycles. The van der Waals surface area contributed by atoms with Gasteiger partial charge >= 0.3 is 0 Å². The Morgan fingerprint density at radius 2 is 1.75 bits per heavy atom. The van der Waals surface area contributed by atoms with Crippen molar-refractivity contribution in [2.75, 3.05) is 11.6 Å². The standard InChI is InChI=1S/C21H31N5OS/c1-14-7-6-8-15(2)25(14)18(27)13-28-20-24-23-19(26(20)22)16-9-11-17(12-10-16)21(3,4)5/h9-12,14-15H,6-8,13,22H2,1-5H3/t14-,15+. The summed E-state index contributed by atoms with van der Waals surface area (Å²) in [5.74, 6) is 7.30. The molecule has 0 saturated carbocycles. The molecule has 152 valence electrons. The van der Waals surface area contributed by atoms with Crippen LogP contribution in [0, 0.1) is 0 Å². The van der Waals surface area contributed by atoms with Gasteiger partial charge in [-0.1, -0.05) is 56.8 Å². The Morgan fingerprint density at radius 1 is 1.14 bits per heavy atom. The molecule has 2 N–H and O–H groups in total. The highest BCUT2D eigenvalue weighted by Gasteiger charge is 2.29. The number of hydrogen-bond donors (Lipinski definition) is 1. The first-order chi connectivity index (χ1) is 13.2. The van der Waals surface area contributed by atoms with Gasteiger partial charge in [0.1, 0.15) is 0 Å². The van der Waals surface area contributed by atoms with E-state index >= 15 is 0 Å². The predicted molar refractivity (Wildman–Crippen MR) is 115 cm³/mol. The molecule has 6 nitrogen and oxygen atoms in total. The second-order valence-corrected chi connectivity index (χ2v) is 9.66. The molecule has 1 aliphatic rings. The quantitative estimate of drug-likeness (QED) is 0.622. The predicted octanol–water partition coefficient (Wildman–Crippen LogP) is 3.84. The molecule has 0 radical (unpaired) electrons. The smallest absolute Gasteiger partial charge is 0.233 e. The monoisotopic (exact) mass is 401 g/mol. The van der Waals surface area contributed by atoms with Crippen LogP contribution < -0.4 is 5.84 Å². The Labute approximate surface area is 171 Å². The first-order valence-corrected chi connectivity index (χ1v) is 10.9. The lowest BCUT2D eigenvalue weighted by Crippen LogP contribution is -2.48. The number of carbonyl (C=O) groups excluding carboxylic acids is 1. The Bertz CT molecular complexity index is 814. The van der Waals surface area contributed by atoms with Gasteiger partial charge in [0.05, 0.1) is 5.75 Å². The summed E-state index contributed by atoms with van der Waals surface area (Å²) in [5.41, 5.74) is 2.27. The van der Waals surface area contributed by atoms with Gasteiger partial charge in [0, 0.05) is 17.6 Å². The van der Waals surface area contributed by atoms with Gasteiger partial charge in [-0.2, -0.15) is 0 Å². The van der Waals surface area contributed by atoms with Crippen molar-refractivity contribution in [2.45, 2.75) is 76.5 Å². The average Bonchev–Trinajstić information content (AvgIpc) is 3.00. The number of nitrogens with two attached hydrogens (primary N) is 1. The van der Waals surface area contributed by atoms with E-state index in [0.717, 1.165) is 18.4 Å². The SMILES string of the molecule is C[C@@H]1CCC[C@H](C)N1C(=O)CSc1nnc(-c2ccc(C(C)(C)C)cc2)n1N. The number of amides is 1. The van der Waals surface area contributed by atoms with Gasteiger partial charge in [-0.05, 0) is 44.1 Å². The van der Waals surface area contributed by atoms with Crippen LogP contribution in [0.5, 0.6) is 0 Å². The topological polar surface area (TPSA) is 77.0 Å². The van der Waals surface area contributed by atoms with Crippen LogP contribution in [-0.2, 0) is 10.2 Å². The van der Waals surface area contributed by atoms with Crippen molar-refractivity contribution in [3.8, 4) is 11.4 Å². The summed E-state index contributed by atoms with van der Waals surface area (Å²) < 4.78 is 1.48. The van der Waals surface area contributed by atoms with Crippen LogP contribution in [0.1, 0.15) is 59.4 Å². The zero-order valence-electron chi connectivity index (χ0n) is 17.5. The fraction of sp³-hybridized carbons (Fsp3) is 0.571. The molecule has 2 heterocycles. The molecule has 7 heteroatoms. The van der Waals surface area contributed by atoms with Crippen molar-refractivity contribution in [1.82, 2.24) is 19.8 Å². The van der Waals surface area contributed by atoms with Crippen molar-refractivity contribution in [2.24, 2.45) is 0 Å². The van der Waals surface area contributed by atoms with E-state index in [1.807, 2.05) is 17.0 Å². The molecule has 2 atom stereocenters. The van der Waals surface area contributed by atoms with E-state index in [1.165, 1.54) is 28.4 Å². The number of hydrogen-bond acceptors (Lipinski definition) is 5. The molecule has 28 heavy (non-hydrogen) atoms. The molecule has 1 saturated heterocycles. The molecule has 2 aromatic rings. The molecule has 1 aromatic carbocycles. The van der Waals surface area contributed by atoms with Crippen LogP contribution in [0.2, 0.25) is 0 Å². The second kappa shape index (κ2) is 8.15. The zero-order chi connectivity index (χ0) is 20.5. The first kappa shape index (κ1) is 20.7. The summed E-state index contributed by atoms with van der Waals surface area (Å²) in [6, 6.07) is 8.82.